The van der Waals surface area contributed by atoms with Crippen molar-refractivity contribution in [1.29, 1.82) is 0 Å². The summed E-state index contributed by atoms with van der Waals surface area (Å²) in [6.45, 7) is 4.71. The van der Waals surface area contributed by atoms with E-state index < -0.39 is 5.54 Å². The lowest BCUT2D eigenvalue weighted by molar-refractivity contribution is -0.151. The third-order valence-electron chi connectivity index (χ3n) is 2.92. The van der Waals surface area contributed by atoms with Crippen molar-refractivity contribution in [2.24, 2.45) is 0 Å². The van der Waals surface area contributed by atoms with E-state index in [0.717, 1.165) is 18.6 Å². The van der Waals surface area contributed by atoms with Gasteiger partial charge in [-0.25, -0.2) is 0 Å². The highest BCUT2D eigenvalue weighted by Crippen LogP contribution is 2.34. The van der Waals surface area contributed by atoms with Gasteiger partial charge in [0.25, 0.3) is 0 Å². The summed E-state index contributed by atoms with van der Waals surface area (Å²) >= 11 is 1.80. The Morgan fingerprint density at radius 1 is 1.75 bits per heavy atom. The van der Waals surface area contributed by atoms with Crippen LogP contribution < -0.4 is 5.32 Å². The molecule has 3 nitrogen and oxygen atoms in total. The van der Waals surface area contributed by atoms with Crippen molar-refractivity contribution in [3.63, 3.8) is 0 Å². The molecule has 1 N–H and O–H groups in total. The van der Waals surface area contributed by atoms with Crippen LogP contribution in [0.2, 0.25) is 0 Å². The number of hydrogen-bond acceptors (Lipinski definition) is 4. The standard InChI is InChI=1S/C12H19NO2S/c1-4-8-13-12(11(14)15-5-2)7-6-9-16-10(12)3/h1,10,13H,5-9H2,2-3H3. The van der Waals surface area contributed by atoms with Gasteiger partial charge in [0.15, 0.2) is 0 Å². The topological polar surface area (TPSA) is 38.3 Å². The molecule has 1 rings (SSSR count). The highest BCUT2D eigenvalue weighted by atomic mass is 32.2. The van der Waals surface area contributed by atoms with Gasteiger partial charge in [0, 0.05) is 5.25 Å². The first kappa shape index (κ1) is 13.4. The molecular weight excluding hydrogens is 222 g/mol. The fraction of sp³-hybridized carbons (Fsp3) is 0.750. The third-order valence-corrected chi connectivity index (χ3v) is 4.35. The SMILES string of the molecule is C#CCNC1(C(=O)OCC)CCCSC1C. The first-order chi connectivity index (χ1) is 7.67. The average molecular weight is 241 g/mol. The average Bonchev–Trinajstić information content (AvgIpc) is 2.28. The molecule has 1 aliphatic rings. The van der Waals surface area contributed by atoms with Gasteiger partial charge in [0.1, 0.15) is 5.54 Å². The van der Waals surface area contributed by atoms with Crippen LogP contribution in [0.3, 0.4) is 0 Å². The maximum Gasteiger partial charge on any atom is 0.327 e. The second-order valence-corrected chi connectivity index (χ2v) is 5.31. The Hall–Kier alpha value is -0.660. The van der Waals surface area contributed by atoms with Gasteiger partial charge in [-0.05, 0) is 25.5 Å². The monoisotopic (exact) mass is 241 g/mol. The van der Waals surface area contributed by atoms with Crippen molar-refractivity contribution >= 4 is 17.7 Å². The number of carbonyl (C=O) groups excluding carboxylic acids is 1. The minimum atomic E-state index is -0.592. The number of hydrogen-bond donors (Lipinski definition) is 1. The molecular formula is C12H19NO2S. The minimum Gasteiger partial charge on any atom is -0.465 e. The number of thioether (sulfide) groups is 1. The first-order valence-electron chi connectivity index (χ1n) is 5.64. The zero-order valence-electron chi connectivity index (χ0n) is 9.91. The number of esters is 1. The maximum absolute atomic E-state index is 12.1. The second-order valence-electron chi connectivity index (χ2n) is 3.87. The van der Waals surface area contributed by atoms with Crippen LogP contribution in [-0.4, -0.2) is 35.7 Å². The van der Waals surface area contributed by atoms with E-state index in [1.54, 1.807) is 11.8 Å². The van der Waals surface area contributed by atoms with E-state index in [2.05, 4.69) is 18.2 Å². The number of nitrogens with one attached hydrogen (secondary N) is 1. The van der Waals surface area contributed by atoms with Crippen LogP contribution in [0.5, 0.6) is 0 Å². The minimum absolute atomic E-state index is 0.162. The van der Waals surface area contributed by atoms with Crippen LogP contribution >= 0.6 is 11.8 Å². The van der Waals surface area contributed by atoms with Crippen molar-refractivity contribution in [2.75, 3.05) is 18.9 Å². The number of terminal acetylenes is 1. The molecule has 1 saturated heterocycles. The van der Waals surface area contributed by atoms with Gasteiger partial charge >= 0.3 is 5.97 Å². The molecule has 2 unspecified atom stereocenters. The lowest BCUT2D eigenvalue weighted by Gasteiger charge is -2.40. The summed E-state index contributed by atoms with van der Waals surface area (Å²) < 4.78 is 5.17. The van der Waals surface area contributed by atoms with E-state index in [1.165, 1.54) is 0 Å². The smallest absolute Gasteiger partial charge is 0.327 e. The van der Waals surface area contributed by atoms with E-state index in [1.807, 2.05) is 6.92 Å². The molecule has 4 heteroatoms. The fourth-order valence-corrected chi connectivity index (χ4v) is 3.24. The Balaban J connectivity index is 2.81. The summed E-state index contributed by atoms with van der Waals surface area (Å²) in [6.07, 6.45) is 7.08. The summed E-state index contributed by atoms with van der Waals surface area (Å²) in [5.41, 5.74) is -0.592. The summed E-state index contributed by atoms with van der Waals surface area (Å²) in [4.78, 5) is 12.1. The molecule has 0 aromatic rings. The molecule has 0 aromatic heterocycles. The quantitative estimate of drug-likeness (QED) is 0.597. The Morgan fingerprint density at radius 3 is 3.06 bits per heavy atom. The summed E-state index contributed by atoms with van der Waals surface area (Å²) in [5.74, 6) is 3.46. The summed E-state index contributed by atoms with van der Waals surface area (Å²) in [5, 5.41) is 3.39. The van der Waals surface area contributed by atoms with Crippen LogP contribution in [-0.2, 0) is 9.53 Å². The number of rotatable bonds is 4. The van der Waals surface area contributed by atoms with Crippen LogP contribution in [0, 0.1) is 12.3 Å². The van der Waals surface area contributed by atoms with Gasteiger partial charge in [-0.2, -0.15) is 11.8 Å². The molecule has 90 valence electrons. The van der Waals surface area contributed by atoms with Crippen LogP contribution in [0.25, 0.3) is 0 Å². The fourth-order valence-electron chi connectivity index (χ4n) is 2.00. The van der Waals surface area contributed by atoms with Crippen molar-refractivity contribution in [1.82, 2.24) is 5.32 Å². The Kier molecular flexibility index (Phi) is 5.17. The first-order valence-corrected chi connectivity index (χ1v) is 6.69. The predicted octanol–water partition coefficient (Wildman–Crippen LogP) is 1.43. The molecule has 0 saturated carbocycles. The highest BCUT2D eigenvalue weighted by molar-refractivity contribution is 8.00. The Labute approximate surface area is 102 Å². The van der Waals surface area contributed by atoms with Crippen molar-refractivity contribution in [3.8, 4) is 12.3 Å². The van der Waals surface area contributed by atoms with E-state index in [0.29, 0.717) is 13.2 Å². The lowest BCUT2D eigenvalue weighted by atomic mass is 9.89. The van der Waals surface area contributed by atoms with Gasteiger partial charge in [-0.3, -0.25) is 10.1 Å². The summed E-state index contributed by atoms with van der Waals surface area (Å²) in [6, 6.07) is 0. The summed E-state index contributed by atoms with van der Waals surface area (Å²) in [7, 11) is 0. The molecule has 0 spiro atoms. The predicted molar refractivity (Wildman–Crippen MR) is 67.4 cm³/mol. The molecule has 0 bridgehead atoms. The van der Waals surface area contributed by atoms with Gasteiger partial charge < -0.3 is 4.74 Å². The largest absolute Gasteiger partial charge is 0.465 e. The van der Waals surface area contributed by atoms with Gasteiger partial charge in [-0.15, -0.1) is 6.42 Å². The van der Waals surface area contributed by atoms with Crippen molar-refractivity contribution in [3.05, 3.63) is 0 Å². The molecule has 0 aliphatic carbocycles. The van der Waals surface area contributed by atoms with E-state index in [-0.39, 0.29) is 11.2 Å². The van der Waals surface area contributed by atoms with Gasteiger partial charge in [-0.1, -0.05) is 12.8 Å². The zero-order valence-corrected chi connectivity index (χ0v) is 10.7. The Bertz CT molecular complexity index is 287. The maximum atomic E-state index is 12.1. The second kappa shape index (κ2) is 6.17. The molecule has 16 heavy (non-hydrogen) atoms. The van der Waals surface area contributed by atoms with Gasteiger partial charge in [0.05, 0.1) is 13.2 Å². The van der Waals surface area contributed by atoms with E-state index in [9.17, 15) is 4.79 Å². The zero-order chi connectivity index (χ0) is 12.0. The molecule has 0 aromatic carbocycles. The highest BCUT2D eigenvalue weighted by Gasteiger charge is 2.46. The van der Waals surface area contributed by atoms with Crippen molar-refractivity contribution < 1.29 is 9.53 Å². The van der Waals surface area contributed by atoms with Crippen LogP contribution in [0.4, 0.5) is 0 Å². The van der Waals surface area contributed by atoms with Gasteiger partial charge in [0.2, 0.25) is 0 Å². The number of carbonyl (C=O) groups is 1. The van der Waals surface area contributed by atoms with E-state index in [4.69, 9.17) is 11.2 Å². The molecule has 1 fully saturated rings. The molecule has 1 aliphatic heterocycles. The third kappa shape index (κ3) is 2.72. The van der Waals surface area contributed by atoms with Crippen LogP contribution in [0.1, 0.15) is 26.7 Å². The van der Waals surface area contributed by atoms with Crippen LogP contribution in [0.15, 0.2) is 0 Å². The normalized spacial score (nSPS) is 29.4. The van der Waals surface area contributed by atoms with Crippen molar-refractivity contribution in [2.45, 2.75) is 37.5 Å². The molecule has 1 heterocycles. The Morgan fingerprint density at radius 2 is 2.50 bits per heavy atom. The molecule has 0 radical (unpaired) electrons. The van der Waals surface area contributed by atoms with E-state index >= 15 is 0 Å². The molecule has 2 atom stereocenters. The molecule has 0 amide bonds. The lowest BCUT2D eigenvalue weighted by Crippen LogP contribution is -2.60. The number of ether oxygens (including phenoxy) is 1.